The molecule has 1 amide bonds. The van der Waals surface area contributed by atoms with Gasteiger partial charge in [-0.05, 0) is 48.5 Å². The van der Waals surface area contributed by atoms with Gasteiger partial charge in [-0.15, -0.1) is 11.3 Å². The molecule has 0 unspecified atom stereocenters. The summed E-state index contributed by atoms with van der Waals surface area (Å²) in [7, 11) is 0. The smallest absolute Gasteiger partial charge is 0.416 e. The van der Waals surface area contributed by atoms with Crippen LogP contribution in [0.1, 0.15) is 27.9 Å². The lowest BCUT2D eigenvalue weighted by atomic mass is 10.1. The van der Waals surface area contributed by atoms with Crippen LogP contribution in [0.5, 0.6) is 11.5 Å². The van der Waals surface area contributed by atoms with Gasteiger partial charge in [0.15, 0.2) is 11.5 Å². The summed E-state index contributed by atoms with van der Waals surface area (Å²) in [5.74, 6) is 0.757. The van der Waals surface area contributed by atoms with Crippen LogP contribution in [-0.2, 0) is 17.5 Å². The van der Waals surface area contributed by atoms with E-state index in [2.05, 4.69) is 0 Å². The summed E-state index contributed by atoms with van der Waals surface area (Å²) in [6.07, 6.45) is -3.81. The van der Waals surface area contributed by atoms with E-state index in [0.717, 1.165) is 44.9 Å². The molecule has 3 aromatic carbocycles. The van der Waals surface area contributed by atoms with Gasteiger partial charge in [-0.3, -0.25) is 4.79 Å². The first-order valence-electron chi connectivity index (χ1n) is 12.2. The lowest BCUT2D eigenvalue weighted by Crippen LogP contribution is -2.32. The quantitative estimate of drug-likeness (QED) is 0.309. The molecule has 1 atom stereocenters. The molecule has 196 valence electrons. The lowest BCUT2D eigenvalue weighted by molar-refractivity contribution is -0.137. The molecule has 2 aliphatic heterocycles. The maximum atomic E-state index is 13.3. The Morgan fingerprint density at radius 2 is 1.89 bits per heavy atom. The number of aromatic nitrogens is 1. The largest absolute Gasteiger partial charge is 0.487 e. The molecule has 2 aliphatic rings. The fourth-order valence-corrected chi connectivity index (χ4v) is 5.59. The van der Waals surface area contributed by atoms with E-state index in [4.69, 9.17) is 19.2 Å². The summed E-state index contributed by atoms with van der Waals surface area (Å²) < 4.78 is 57.9. The number of nitrogens with zero attached hydrogens (tertiary/aromatic N) is 2. The van der Waals surface area contributed by atoms with Gasteiger partial charge in [0, 0.05) is 29.7 Å². The third-order valence-corrected chi connectivity index (χ3v) is 7.65. The Hall–Kier alpha value is -3.63. The van der Waals surface area contributed by atoms with Crippen LogP contribution in [0.15, 0.2) is 60.7 Å². The van der Waals surface area contributed by atoms with E-state index in [-0.39, 0.29) is 37.3 Å². The molecule has 0 saturated carbocycles. The number of para-hydroxylation sites is 1. The van der Waals surface area contributed by atoms with Gasteiger partial charge in [0.2, 0.25) is 0 Å². The number of rotatable bonds is 4. The average molecular weight is 541 g/mol. The Balaban J connectivity index is 1.35. The number of hydrogen-bond donors (Lipinski definition) is 0. The second kappa shape index (κ2) is 9.92. The van der Waals surface area contributed by atoms with Crippen LogP contribution >= 0.6 is 11.3 Å². The van der Waals surface area contributed by atoms with E-state index < -0.39 is 11.7 Å². The molecule has 0 radical (unpaired) electrons. The normalized spacial score (nSPS) is 17.7. The molecule has 0 spiro atoms. The molecule has 0 aliphatic carbocycles. The fraction of sp³-hybridized carbons (Fsp3) is 0.286. The highest BCUT2D eigenvalue weighted by molar-refractivity contribution is 7.21. The number of alkyl halides is 3. The number of benzene rings is 3. The molecule has 1 saturated heterocycles. The van der Waals surface area contributed by atoms with E-state index >= 15 is 0 Å². The summed E-state index contributed by atoms with van der Waals surface area (Å²) in [5, 5.41) is 0.811. The second-order valence-electron chi connectivity index (χ2n) is 9.20. The molecule has 1 aromatic heterocycles. The van der Waals surface area contributed by atoms with Gasteiger partial charge in [-0.2, -0.15) is 13.2 Å². The van der Waals surface area contributed by atoms with Gasteiger partial charge in [-0.25, -0.2) is 4.98 Å². The van der Waals surface area contributed by atoms with Crippen molar-refractivity contribution >= 4 is 27.5 Å². The lowest BCUT2D eigenvalue weighted by Gasteiger charge is -2.21. The molecular formula is C28H23F3N2O4S. The van der Waals surface area contributed by atoms with Crippen molar-refractivity contribution < 1.29 is 32.2 Å². The summed E-state index contributed by atoms with van der Waals surface area (Å²) in [5.41, 5.74) is 1.87. The maximum Gasteiger partial charge on any atom is 0.416 e. The van der Waals surface area contributed by atoms with Crippen molar-refractivity contribution in [2.45, 2.75) is 25.2 Å². The van der Waals surface area contributed by atoms with Crippen molar-refractivity contribution in [2.75, 3.05) is 26.4 Å². The van der Waals surface area contributed by atoms with Crippen molar-refractivity contribution in [1.82, 2.24) is 9.88 Å². The first-order chi connectivity index (χ1) is 18.3. The maximum absolute atomic E-state index is 13.3. The Morgan fingerprint density at radius 1 is 1.08 bits per heavy atom. The standard InChI is InChI=1S/C28H23F3N2O4S/c29-28(30,31)20-7-5-17(6-8-20)27(34)33-10-12-36-25-19(15-33)13-18(14-23(25)37-21-9-11-35-16-21)26-32-22-3-1-2-4-24(22)38-26/h1-8,13-14,21H,9-12,15-16H2/t21-/m1/s1. The Bertz CT molecular complexity index is 1450. The minimum atomic E-state index is -4.46. The SMILES string of the molecule is O=C(c1ccc(C(F)(F)F)cc1)N1CCOc2c(cc(-c3nc4ccccc4s3)cc2O[C@@H]2CCOC2)C1. The van der Waals surface area contributed by atoms with Crippen LogP contribution in [0.3, 0.4) is 0 Å². The number of carbonyl (C=O) groups excluding carboxylic acids is 1. The fourth-order valence-electron chi connectivity index (χ4n) is 4.63. The molecule has 0 N–H and O–H groups in total. The minimum absolute atomic E-state index is 0.110. The van der Waals surface area contributed by atoms with Crippen molar-refractivity contribution in [2.24, 2.45) is 0 Å². The molecule has 38 heavy (non-hydrogen) atoms. The van der Waals surface area contributed by atoms with Gasteiger partial charge in [0.05, 0.1) is 35.5 Å². The van der Waals surface area contributed by atoms with Crippen LogP contribution < -0.4 is 9.47 Å². The Labute approximate surface area is 220 Å². The van der Waals surface area contributed by atoms with Crippen LogP contribution in [-0.4, -0.2) is 48.3 Å². The molecule has 4 aromatic rings. The van der Waals surface area contributed by atoms with Gasteiger partial charge >= 0.3 is 6.18 Å². The van der Waals surface area contributed by atoms with E-state index in [1.165, 1.54) is 12.1 Å². The Morgan fingerprint density at radius 3 is 2.63 bits per heavy atom. The number of amides is 1. The highest BCUT2D eigenvalue weighted by Gasteiger charge is 2.31. The summed E-state index contributed by atoms with van der Waals surface area (Å²) in [6, 6.07) is 16.0. The van der Waals surface area contributed by atoms with Crippen molar-refractivity contribution in [3.63, 3.8) is 0 Å². The third-order valence-electron chi connectivity index (χ3n) is 6.57. The molecular weight excluding hydrogens is 517 g/mol. The first kappa shape index (κ1) is 24.7. The predicted octanol–water partition coefficient (Wildman–Crippen LogP) is 6.18. The summed E-state index contributed by atoms with van der Waals surface area (Å²) in [4.78, 5) is 19.7. The summed E-state index contributed by atoms with van der Waals surface area (Å²) >= 11 is 1.56. The zero-order chi connectivity index (χ0) is 26.3. The van der Waals surface area contributed by atoms with Gasteiger partial charge in [0.25, 0.3) is 5.91 Å². The third kappa shape index (κ3) is 4.93. The van der Waals surface area contributed by atoms with Crippen molar-refractivity contribution in [1.29, 1.82) is 0 Å². The van der Waals surface area contributed by atoms with Crippen LogP contribution in [0.4, 0.5) is 13.2 Å². The number of halogens is 3. The second-order valence-corrected chi connectivity index (χ2v) is 10.2. The van der Waals surface area contributed by atoms with E-state index in [1.54, 1.807) is 16.2 Å². The predicted molar refractivity (Wildman–Crippen MR) is 137 cm³/mol. The highest BCUT2D eigenvalue weighted by Crippen LogP contribution is 2.41. The monoisotopic (exact) mass is 540 g/mol. The molecule has 1 fully saturated rings. The number of hydrogen-bond acceptors (Lipinski definition) is 6. The average Bonchev–Trinajstić information content (AvgIpc) is 3.53. The molecule has 6 nitrogen and oxygen atoms in total. The van der Waals surface area contributed by atoms with Gasteiger partial charge < -0.3 is 19.1 Å². The van der Waals surface area contributed by atoms with E-state index in [0.29, 0.717) is 24.7 Å². The van der Waals surface area contributed by atoms with E-state index in [9.17, 15) is 18.0 Å². The van der Waals surface area contributed by atoms with Gasteiger partial charge in [0.1, 0.15) is 17.7 Å². The molecule has 0 bridgehead atoms. The number of fused-ring (bicyclic) bond motifs is 2. The molecule has 10 heteroatoms. The van der Waals surface area contributed by atoms with Crippen LogP contribution in [0.25, 0.3) is 20.8 Å². The number of thiazole rings is 1. The van der Waals surface area contributed by atoms with E-state index in [1.807, 2.05) is 36.4 Å². The van der Waals surface area contributed by atoms with Crippen LogP contribution in [0, 0.1) is 0 Å². The van der Waals surface area contributed by atoms with Crippen LogP contribution in [0.2, 0.25) is 0 Å². The zero-order valence-electron chi connectivity index (χ0n) is 20.2. The molecule has 6 rings (SSSR count). The minimum Gasteiger partial charge on any atom is -0.487 e. The highest BCUT2D eigenvalue weighted by atomic mass is 32.1. The summed E-state index contributed by atoms with van der Waals surface area (Å²) in [6.45, 7) is 1.82. The van der Waals surface area contributed by atoms with Gasteiger partial charge in [-0.1, -0.05) is 12.1 Å². The number of carbonyl (C=O) groups is 1. The zero-order valence-corrected chi connectivity index (χ0v) is 21.0. The number of ether oxygens (including phenoxy) is 3. The van der Waals surface area contributed by atoms with Crippen molar-refractivity contribution in [3.8, 4) is 22.1 Å². The Kier molecular flexibility index (Phi) is 6.45. The van der Waals surface area contributed by atoms with Crippen molar-refractivity contribution in [3.05, 3.63) is 77.4 Å². The molecule has 3 heterocycles. The topological polar surface area (TPSA) is 60.9 Å². The first-order valence-corrected chi connectivity index (χ1v) is 13.0.